The highest BCUT2D eigenvalue weighted by molar-refractivity contribution is 5.97. The molecular weight excluding hydrogens is 166 g/mol. The smallest absolute Gasteiger partial charge is 0.162 e. The van der Waals surface area contributed by atoms with E-state index in [1.807, 2.05) is 0 Å². The lowest BCUT2D eigenvalue weighted by molar-refractivity contribution is -0.116. The van der Waals surface area contributed by atoms with Gasteiger partial charge >= 0.3 is 0 Å². The Morgan fingerprint density at radius 2 is 2.38 bits per heavy atom. The zero-order valence-electron chi connectivity index (χ0n) is 7.38. The maximum absolute atomic E-state index is 11.4. The van der Waals surface area contributed by atoms with Crippen LogP contribution >= 0.6 is 0 Å². The first kappa shape index (κ1) is 8.31. The predicted octanol–water partition coefficient (Wildman–Crippen LogP) is 1.70. The molecule has 3 heteroatoms. The van der Waals surface area contributed by atoms with Gasteiger partial charge in [-0.15, -0.1) is 0 Å². The van der Waals surface area contributed by atoms with E-state index in [4.69, 9.17) is 10.00 Å². The molecule has 1 heterocycles. The summed E-state index contributed by atoms with van der Waals surface area (Å²) in [7, 11) is 0. The first-order valence-corrected chi connectivity index (χ1v) is 4.60. The number of ketones is 1. The predicted molar refractivity (Wildman–Crippen MR) is 45.6 cm³/mol. The highest BCUT2D eigenvalue weighted by Gasteiger charge is 2.31. The third-order valence-electron chi connectivity index (χ3n) is 2.54. The number of Topliss-reactive ketones (excluding diaryl/α,β-unsaturated/α-hetero) is 1. The quantitative estimate of drug-likeness (QED) is 0.612. The lowest BCUT2D eigenvalue weighted by Gasteiger charge is -2.11. The van der Waals surface area contributed by atoms with Crippen LogP contribution in [0.1, 0.15) is 32.1 Å². The fourth-order valence-corrected chi connectivity index (χ4v) is 1.91. The van der Waals surface area contributed by atoms with Crippen LogP contribution in [0.2, 0.25) is 0 Å². The van der Waals surface area contributed by atoms with Crippen molar-refractivity contribution in [2.24, 2.45) is 0 Å². The average Bonchev–Trinajstić information content (AvgIpc) is 2.49. The standard InChI is InChI=1S/C10H11NO2/c11-5-4-7-6-8-9(12)2-1-3-10(8)13-7/h7H,1-4,6H2/t7-/m0/s1. The fourth-order valence-electron chi connectivity index (χ4n) is 1.91. The summed E-state index contributed by atoms with van der Waals surface area (Å²) in [6, 6.07) is 2.07. The lowest BCUT2D eigenvalue weighted by atomic mass is 9.94. The molecule has 0 radical (unpaired) electrons. The van der Waals surface area contributed by atoms with Crippen LogP contribution in [0, 0.1) is 11.3 Å². The van der Waals surface area contributed by atoms with Gasteiger partial charge in [-0.2, -0.15) is 5.26 Å². The Morgan fingerprint density at radius 3 is 3.08 bits per heavy atom. The van der Waals surface area contributed by atoms with Gasteiger partial charge in [0.05, 0.1) is 12.5 Å². The monoisotopic (exact) mass is 177 g/mol. The molecule has 1 aliphatic heterocycles. The van der Waals surface area contributed by atoms with Crippen molar-refractivity contribution >= 4 is 5.78 Å². The fraction of sp³-hybridized carbons (Fsp3) is 0.600. The summed E-state index contributed by atoms with van der Waals surface area (Å²) in [5.74, 6) is 1.08. The van der Waals surface area contributed by atoms with Crippen LogP contribution in [0.3, 0.4) is 0 Å². The Hall–Kier alpha value is -1.30. The van der Waals surface area contributed by atoms with Crippen molar-refractivity contribution in [2.45, 2.75) is 38.2 Å². The molecule has 68 valence electrons. The van der Waals surface area contributed by atoms with E-state index in [1.54, 1.807) is 0 Å². The minimum absolute atomic E-state index is 0.0583. The van der Waals surface area contributed by atoms with E-state index in [1.165, 1.54) is 0 Å². The van der Waals surface area contributed by atoms with Crippen molar-refractivity contribution in [1.82, 2.24) is 0 Å². The second kappa shape index (κ2) is 3.21. The summed E-state index contributed by atoms with van der Waals surface area (Å²) in [6.07, 6.45) is 3.42. The molecule has 0 aromatic carbocycles. The lowest BCUT2D eigenvalue weighted by Crippen LogP contribution is -2.08. The van der Waals surface area contributed by atoms with E-state index in [9.17, 15) is 4.79 Å². The Balaban J connectivity index is 2.10. The van der Waals surface area contributed by atoms with E-state index in [0.29, 0.717) is 19.3 Å². The molecule has 0 aromatic rings. The van der Waals surface area contributed by atoms with Crippen molar-refractivity contribution in [2.75, 3.05) is 0 Å². The molecule has 0 saturated carbocycles. The van der Waals surface area contributed by atoms with Gasteiger partial charge in [-0.1, -0.05) is 0 Å². The molecule has 2 aliphatic rings. The summed E-state index contributed by atoms with van der Waals surface area (Å²) >= 11 is 0. The van der Waals surface area contributed by atoms with Crippen LogP contribution in [-0.2, 0) is 9.53 Å². The Bertz CT molecular complexity index is 311. The molecule has 1 aliphatic carbocycles. The number of rotatable bonds is 1. The van der Waals surface area contributed by atoms with Crippen molar-refractivity contribution in [3.05, 3.63) is 11.3 Å². The molecule has 0 fully saturated rings. The normalized spacial score (nSPS) is 26.7. The van der Waals surface area contributed by atoms with Crippen molar-refractivity contribution < 1.29 is 9.53 Å². The molecule has 0 spiro atoms. The van der Waals surface area contributed by atoms with Crippen LogP contribution < -0.4 is 0 Å². The molecule has 2 rings (SSSR count). The number of carbonyl (C=O) groups excluding carboxylic acids is 1. The van der Waals surface area contributed by atoms with E-state index < -0.39 is 0 Å². The molecule has 0 aromatic heterocycles. The SMILES string of the molecule is N#CC[C@H]1CC2=C(CCCC2=O)O1. The van der Waals surface area contributed by atoms with Gasteiger partial charge in [-0.25, -0.2) is 0 Å². The Morgan fingerprint density at radius 1 is 1.54 bits per heavy atom. The maximum atomic E-state index is 11.4. The van der Waals surface area contributed by atoms with Crippen LogP contribution in [0.4, 0.5) is 0 Å². The summed E-state index contributed by atoms with van der Waals surface area (Å²) in [6.45, 7) is 0. The van der Waals surface area contributed by atoms with Crippen molar-refractivity contribution in [3.63, 3.8) is 0 Å². The van der Waals surface area contributed by atoms with Crippen LogP contribution in [-0.4, -0.2) is 11.9 Å². The maximum Gasteiger partial charge on any atom is 0.162 e. The second-order valence-corrected chi connectivity index (χ2v) is 3.48. The Labute approximate surface area is 77.0 Å². The minimum atomic E-state index is -0.0583. The van der Waals surface area contributed by atoms with E-state index in [2.05, 4.69) is 6.07 Å². The highest BCUT2D eigenvalue weighted by Crippen LogP contribution is 2.34. The van der Waals surface area contributed by atoms with Gasteiger partial charge < -0.3 is 4.74 Å². The second-order valence-electron chi connectivity index (χ2n) is 3.48. The first-order valence-electron chi connectivity index (χ1n) is 4.60. The highest BCUT2D eigenvalue weighted by atomic mass is 16.5. The van der Waals surface area contributed by atoms with Gasteiger partial charge in [0.15, 0.2) is 5.78 Å². The zero-order chi connectivity index (χ0) is 9.26. The summed E-state index contributed by atoms with van der Waals surface area (Å²) in [5.41, 5.74) is 0.853. The van der Waals surface area contributed by atoms with Gasteiger partial charge in [0, 0.05) is 24.8 Å². The average molecular weight is 177 g/mol. The number of hydrogen-bond acceptors (Lipinski definition) is 3. The van der Waals surface area contributed by atoms with Crippen LogP contribution in [0.15, 0.2) is 11.3 Å². The molecule has 0 N–H and O–H groups in total. The van der Waals surface area contributed by atoms with Gasteiger partial charge in [0.25, 0.3) is 0 Å². The molecule has 3 nitrogen and oxygen atoms in total. The molecule has 0 saturated heterocycles. The van der Waals surface area contributed by atoms with E-state index in [-0.39, 0.29) is 11.9 Å². The van der Waals surface area contributed by atoms with Gasteiger partial charge in [0.2, 0.25) is 0 Å². The molecule has 0 amide bonds. The molecular formula is C10H11NO2. The molecule has 0 unspecified atom stereocenters. The third-order valence-corrected chi connectivity index (χ3v) is 2.54. The Kier molecular flexibility index (Phi) is 2.05. The minimum Gasteiger partial charge on any atom is -0.493 e. The van der Waals surface area contributed by atoms with E-state index >= 15 is 0 Å². The third kappa shape index (κ3) is 1.44. The van der Waals surface area contributed by atoms with Gasteiger partial charge in [-0.3, -0.25) is 4.79 Å². The number of nitrogens with zero attached hydrogens (tertiary/aromatic N) is 1. The summed E-state index contributed by atoms with van der Waals surface area (Å²) < 4.78 is 5.51. The topological polar surface area (TPSA) is 50.1 Å². The van der Waals surface area contributed by atoms with Crippen LogP contribution in [0.5, 0.6) is 0 Å². The van der Waals surface area contributed by atoms with Crippen molar-refractivity contribution in [3.8, 4) is 6.07 Å². The summed E-state index contributed by atoms with van der Waals surface area (Å²) in [4.78, 5) is 11.4. The van der Waals surface area contributed by atoms with Gasteiger partial charge in [-0.05, 0) is 6.42 Å². The number of hydrogen-bond donors (Lipinski definition) is 0. The summed E-state index contributed by atoms with van der Waals surface area (Å²) in [5, 5.41) is 8.49. The number of ether oxygens (including phenoxy) is 1. The number of nitriles is 1. The number of carbonyl (C=O) groups is 1. The number of allylic oxidation sites excluding steroid dienone is 1. The van der Waals surface area contributed by atoms with Crippen molar-refractivity contribution in [1.29, 1.82) is 5.26 Å². The first-order chi connectivity index (χ1) is 6.31. The largest absolute Gasteiger partial charge is 0.493 e. The molecule has 0 bridgehead atoms. The van der Waals surface area contributed by atoms with E-state index in [0.717, 1.165) is 24.2 Å². The molecule has 1 atom stereocenters. The van der Waals surface area contributed by atoms with Gasteiger partial charge in [0.1, 0.15) is 11.9 Å². The van der Waals surface area contributed by atoms with Crippen LogP contribution in [0.25, 0.3) is 0 Å². The zero-order valence-corrected chi connectivity index (χ0v) is 7.38. The molecule has 13 heavy (non-hydrogen) atoms.